The summed E-state index contributed by atoms with van der Waals surface area (Å²) in [5, 5.41) is 3.45. The second-order valence-electron chi connectivity index (χ2n) is 6.19. The Hall–Kier alpha value is -3.38. The molecule has 0 atom stereocenters. The molecule has 0 aliphatic rings. The number of carbonyl (C=O) groups is 1. The smallest absolute Gasteiger partial charge is 0.262 e. The van der Waals surface area contributed by atoms with Gasteiger partial charge in [-0.1, -0.05) is 11.6 Å². The Morgan fingerprint density at radius 1 is 1.21 bits per heavy atom. The van der Waals surface area contributed by atoms with Crippen molar-refractivity contribution in [1.82, 2.24) is 9.97 Å². The first-order valence-corrected chi connectivity index (χ1v) is 8.96. The molecule has 4 aromatic rings. The van der Waals surface area contributed by atoms with Crippen LogP contribution in [0.15, 0.2) is 65.3 Å². The third-order valence-corrected chi connectivity index (χ3v) is 4.50. The van der Waals surface area contributed by atoms with Crippen LogP contribution in [0.1, 0.15) is 5.56 Å². The van der Waals surface area contributed by atoms with Crippen LogP contribution in [-0.2, 0) is 4.79 Å². The van der Waals surface area contributed by atoms with E-state index in [2.05, 4.69) is 15.3 Å². The summed E-state index contributed by atoms with van der Waals surface area (Å²) >= 11 is 5.99. The Labute approximate surface area is 166 Å². The number of amides is 1. The summed E-state index contributed by atoms with van der Waals surface area (Å²) in [7, 11) is 0. The summed E-state index contributed by atoms with van der Waals surface area (Å²) in [6, 6.07) is 14.2. The fourth-order valence-electron chi connectivity index (χ4n) is 2.67. The lowest BCUT2D eigenvalue weighted by molar-refractivity contribution is -0.118. The molecule has 0 unspecified atom stereocenters. The van der Waals surface area contributed by atoms with Gasteiger partial charge in [-0.3, -0.25) is 9.78 Å². The first-order chi connectivity index (χ1) is 13.6. The van der Waals surface area contributed by atoms with E-state index in [1.54, 1.807) is 48.8 Å². The predicted octanol–water partition coefficient (Wildman–Crippen LogP) is 4.87. The number of fused-ring (bicyclic) bond motifs is 1. The Kier molecular flexibility index (Phi) is 4.95. The van der Waals surface area contributed by atoms with Crippen LogP contribution in [0.25, 0.3) is 22.6 Å². The zero-order valence-electron chi connectivity index (χ0n) is 15.0. The topological polar surface area (TPSA) is 77.2 Å². The van der Waals surface area contributed by atoms with Crippen LogP contribution in [0.3, 0.4) is 0 Å². The molecule has 2 heterocycles. The Bertz CT molecular complexity index is 1140. The van der Waals surface area contributed by atoms with E-state index in [9.17, 15) is 4.79 Å². The van der Waals surface area contributed by atoms with Crippen LogP contribution < -0.4 is 10.1 Å². The molecule has 0 saturated carbocycles. The normalized spacial score (nSPS) is 10.8. The van der Waals surface area contributed by atoms with Gasteiger partial charge in [0.15, 0.2) is 12.2 Å². The zero-order chi connectivity index (χ0) is 19.5. The largest absolute Gasteiger partial charge is 0.484 e. The maximum Gasteiger partial charge on any atom is 0.262 e. The van der Waals surface area contributed by atoms with E-state index < -0.39 is 0 Å². The first kappa shape index (κ1) is 18.0. The minimum absolute atomic E-state index is 0.112. The van der Waals surface area contributed by atoms with E-state index in [0.29, 0.717) is 33.4 Å². The number of rotatable bonds is 5. The SMILES string of the molecule is Cc1cc(OCC(=O)Nc2ccc3oc(-c4cccnc4)nc3c2)ccc1Cl. The van der Waals surface area contributed by atoms with Crippen LogP contribution in [0.4, 0.5) is 5.69 Å². The molecule has 0 aliphatic heterocycles. The van der Waals surface area contributed by atoms with Crippen LogP contribution in [0.2, 0.25) is 5.02 Å². The van der Waals surface area contributed by atoms with Crippen molar-refractivity contribution < 1.29 is 13.9 Å². The van der Waals surface area contributed by atoms with Crippen LogP contribution in [0, 0.1) is 6.92 Å². The summed E-state index contributed by atoms with van der Waals surface area (Å²) in [6.45, 7) is 1.76. The highest BCUT2D eigenvalue weighted by molar-refractivity contribution is 6.31. The molecular formula is C21H16ClN3O3. The molecule has 7 heteroatoms. The number of pyridine rings is 1. The van der Waals surface area contributed by atoms with Gasteiger partial charge >= 0.3 is 0 Å². The molecule has 0 radical (unpaired) electrons. The molecule has 6 nitrogen and oxygen atoms in total. The number of halogens is 1. The lowest BCUT2D eigenvalue weighted by Crippen LogP contribution is -2.20. The molecule has 1 N–H and O–H groups in total. The molecule has 0 bridgehead atoms. The number of anilines is 1. The number of aromatic nitrogens is 2. The molecule has 2 aromatic heterocycles. The van der Waals surface area contributed by atoms with E-state index in [1.165, 1.54) is 0 Å². The highest BCUT2D eigenvalue weighted by Gasteiger charge is 2.10. The van der Waals surface area contributed by atoms with Gasteiger partial charge in [0.1, 0.15) is 11.3 Å². The van der Waals surface area contributed by atoms with Crippen LogP contribution in [-0.4, -0.2) is 22.5 Å². The van der Waals surface area contributed by atoms with Gasteiger partial charge in [-0.25, -0.2) is 4.98 Å². The molecule has 0 aliphatic carbocycles. The highest BCUT2D eigenvalue weighted by Crippen LogP contribution is 2.26. The number of ether oxygens (including phenoxy) is 1. The van der Waals surface area contributed by atoms with Crippen molar-refractivity contribution in [1.29, 1.82) is 0 Å². The summed E-state index contributed by atoms with van der Waals surface area (Å²) in [4.78, 5) is 20.7. The van der Waals surface area contributed by atoms with E-state index >= 15 is 0 Å². The lowest BCUT2D eigenvalue weighted by atomic mass is 10.2. The number of benzene rings is 2. The van der Waals surface area contributed by atoms with Gasteiger partial charge in [-0.15, -0.1) is 0 Å². The van der Waals surface area contributed by atoms with Crippen LogP contribution >= 0.6 is 11.6 Å². The average Bonchev–Trinajstić information content (AvgIpc) is 3.13. The van der Waals surface area contributed by atoms with Crippen molar-refractivity contribution in [2.75, 3.05) is 11.9 Å². The molecule has 2 aromatic carbocycles. The van der Waals surface area contributed by atoms with Gasteiger partial charge in [0, 0.05) is 23.1 Å². The third kappa shape index (κ3) is 3.97. The summed E-state index contributed by atoms with van der Waals surface area (Å²) < 4.78 is 11.3. The van der Waals surface area contributed by atoms with Crippen molar-refractivity contribution in [2.24, 2.45) is 0 Å². The monoisotopic (exact) mass is 393 g/mol. The summed E-state index contributed by atoms with van der Waals surface area (Å²) in [5.74, 6) is 0.793. The molecule has 0 saturated heterocycles. The number of hydrogen-bond donors (Lipinski definition) is 1. The third-order valence-electron chi connectivity index (χ3n) is 4.08. The lowest BCUT2D eigenvalue weighted by Gasteiger charge is -2.08. The quantitative estimate of drug-likeness (QED) is 0.523. The van der Waals surface area contributed by atoms with Crippen molar-refractivity contribution in [3.8, 4) is 17.2 Å². The van der Waals surface area contributed by atoms with Crippen LogP contribution in [0.5, 0.6) is 5.75 Å². The predicted molar refractivity (Wildman–Crippen MR) is 108 cm³/mol. The van der Waals surface area contributed by atoms with Crippen molar-refractivity contribution in [2.45, 2.75) is 6.92 Å². The molecule has 1 amide bonds. The molecule has 140 valence electrons. The fourth-order valence-corrected chi connectivity index (χ4v) is 2.79. The van der Waals surface area contributed by atoms with Gasteiger partial charge in [-0.2, -0.15) is 0 Å². The number of aryl methyl sites for hydroxylation is 1. The minimum Gasteiger partial charge on any atom is -0.484 e. The number of nitrogens with one attached hydrogen (secondary N) is 1. The van der Waals surface area contributed by atoms with E-state index in [0.717, 1.165) is 11.1 Å². The molecule has 0 spiro atoms. The minimum atomic E-state index is -0.275. The van der Waals surface area contributed by atoms with Gasteiger partial charge in [0.25, 0.3) is 5.91 Å². The molecule has 28 heavy (non-hydrogen) atoms. The molecular weight excluding hydrogens is 378 g/mol. The summed E-state index contributed by atoms with van der Waals surface area (Å²) in [6.07, 6.45) is 3.37. The van der Waals surface area contributed by atoms with Gasteiger partial charge in [-0.05, 0) is 61.0 Å². The number of carbonyl (C=O) groups excluding carboxylic acids is 1. The van der Waals surface area contributed by atoms with Gasteiger partial charge in [0.05, 0.1) is 5.56 Å². The Morgan fingerprint density at radius 2 is 2.11 bits per heavy atom. The molecule has 4 rings (SSSR count). The van der Waals surface area contributed by atoms with Gasteiger partial charge in [0.2, 0.25) is 5.89 Å². The standard InChI is InChI=1S/C21H16ClN3O3/c1-13-9-16(5-6-17(13)22)27-12-20(26)24-15-4-7-19-18(10-15)25-21(28-19)14-3-2-8-23-11-14/h2-11H,12H2,1H3,(H,24,26). The first-order valence-electron chi connectivity index (χ1n) is 8.58. The maximum absolute atomic E-state index is 12.2. The van der Waals surface area contributed by atoms with E-state index in [1.807, 2.05) is 19.1 Å². The number of oxazole rings is 1. The van der Waals surface area contributed by atoms with Gasteiger partial charge < -0.3 is 14.5 Å². The second-order valence-corrected chi connectivity index (χ2v) is 6.60. The fraction of sp³-hybridized carbons (Fsp3) is 0.0952. The Balaban J connectivity index is 1.44. The zero-order valence-corrected chi connectivity index (χ0v) is 15.7. The second kappa shape index (κ2) is 7.70. The van der Waals surface area contributed by atoms with Crippen molar-refractivity contribution in [3.63, 3.8) is 0 Å². The number of nitrogens with zero attached hydrogens (tertiary/aromatic N) is 2. The Morgan fingerprint density at radius 3 is 2.89 bits per heavy atom. The van der Waals surface area contributed by atoms with Crippen molar-refractivity contribution >= 4 is 34.3 Å². The van der Waals surface area contributed by atoms with E-state index in [-0.39, 0.29) is 12.5 Å². The molecule has 0 fully saturated rings. The van der Waals surface area contributed by atoms with E-state index in [4.69, 9.17) is 20.8 Å². The average molecular weight is 394 g/mol. The maximum atomic E-state index is 12.2. The number of hydrogen-bond acceptors (Lipinski definition) is 5. The summed E-state index contributed by atoms with van der Waals surface area (Å²) in [5.41, 5.74) is 3.56. The van der Waals surface area contributed by atoms with Crippen molar-refractivity contribution in [3.05, 3.63) is 71.5 Å². The highest BCUT2D eigenvalue weighted by atomic mass is 35.5.